The lowest BCUT2D eigenvalue weighted by molar-refractivity contribution is 0.167. The second kappa shape index (κ2) is 8.06. The van der Waals surface area contributed by atoms with Crippen molar-refractivity contribution in [3.8, 4) is 5.75 Å². The van der Waals surface area contributed by atoms with Crippen molar-refractivity contribution in [3.05, 3.63) is 57.0 Å². The van der Waals surface area contributed by atoms with Gasteiger partial charge in [0.05, 0.1) is 18.3 Å². The van der Waals surface area contributed by atoms with Crippen molar-refractivity contribution in [2.75, 3.05) is 12.4 Å². The van der Waals surface area contributed by atoms with Gasteiger partial charge in [-0.2, -0.15) is 0 Å². The highest BCUT2D eigenvalue weighted by Crippen LogP contribution is 2.31. The van der Waals surface area contributed by atoms with E-state index in [1.807, 2.05) is 0 Å². The Hall–Kier alpha value is -1.95. The van der Waals surface area contributed by atoms with Crippen LogP contribution in [0.15, 0.2) is 41.6 Å². The van der Waals surface area contributed by atoms with Crippen molar-refractivity contribution in [3.63, 3.8) is 0 Å². The minimum absolute atomic E-state index is 0.326. The summed E-state index contributed by atoms with van der Waals surface area (Å²) in [5.74, 6) is 0.376. The van der Waals surface area contributed by atoms with E-state index < -0.39 is 6.09 Å². The predicted octanol–water partition coefficient (Wildman–Crippen LogP) is 5.24. The van der Waals surface area contributed by atoms with Crippen molar-refractivity contribution >= 4 is 52.8 Å². The summed E-state index contributed by atoms with van der Waals surface area (Å²) in [6, 6.07) is 9.66. The SMILES string of the molecule is COc1c(Cl)cc(Cl)cc1C=NOC(=O)Nc1ccc(Cl)cc1. The number of hydrogen-bond acceptors (Lipinski definition) is 4. The Morgan fingerprint density at radius 3 is 2.48 bits per heavy atom. The van der Waals surface area contributed by atoms with Crippen LogP contribution in [0.4, 0.5) is 10.5 Å². The Kier molecular flexibility index (Phi) is 6.10. The Labute approximate surface area is 147 Å². The number of nitrogens with zero attached hydrogens (tertiary/aromatic N) is 1. The Bertz CT molecular complexity index is 733. The van der Waals surface area contributed by atoms with E-state index in [0.29, 0.717) is 32.1 Å². The van der Waals surface area contributed by atoms with E-state index in [2.05, 4.69) is 10.5 Å². The molecule has 0 aliphatic rings. The molecule has 120 valence electrons. The zero-order valence-electron chi connectivity index (χ0n) is 11.8. The number of methoxy groups -OCH3 is 1. The molecule has 2 rings (SSSR count). The number of benzene rings is 2. The quantitative estimate of drug-likeness (QED) is 0.453. The molecular formula is C15H11Cl3N2O3. The molecule has 8 heteroatoms. The highest BCUT2D eigenvalue weighted by Gasteiger charge is 2.09. The van der Waals surface area contributed by atoms with Crippen LogP contribution in [0.25, 0.3) is 0 Å². The Morgan fingerprint density at radius 1 is 1.13 bits per heavy atom. The molecule has 2 aromatic carbocycles. The third kappa shape index (κ3) is 5.03. The molecule has 0 atom stereocenters. The molecular weight excluding hydrogens is 363 g/mol. The average Bonchev–Trinajstić information content (AvgIpc) is 2.49. The maximum absolute atomic E-state index is 11.6. The molecule has 0 unspecified atom stereocenters. The van der Waals surface area contributed by atoms with Crippen LogP contribution in [0.3, 0.4) is 0 Å². The fourth-order valence-electron chi connectivity index (χ4n) is 1.70. The molecule has 0 fully saturated rings. The second-order valence-electron chi connectivity index (χ2n) is 4.26. The van der Waals surface area contributed by atoms with Gasteiger partial charge in [-0.05, 0) is 36.4 Å². The fraction of sp³-hybridized carbons (Fsp3) is 0.0667. The van der Waals surface area contributed by atoms with E-state index in [0.717, 1.165) is 0 Å². The van der Waals surface area contributed by atoms with Crippen LogP contribution in [-0.2, 0) is 4.84 Å². The van der Waals surface area contributed by atoms with Gasteiger partial charge in [0.2, 0.25) is 0 Å². The standard InChI is InChI=1S/C15H11Cl3N2O3/c1-22-14-9(6-11(17)7-13(14)18)8-19-23-15(21)20-12-4-2-10(16)3-5-12/h2-8H,1H3,(H,20,21). The number of halogens is 3. The minimum atomic E-state index is -0.754. The Morgan fingerprint density at radius 2 is 1.83 bits per heavy atom. The normalized spacial score (nSPS) is 10.6. The lowest BCUT2D eigenvalue weighted by Crippen LogP contribution is -2.10. The molecule has 1 amide bonds. The first kappa shape index (κ1) is 17.4. The molecule has 5 nitrogen and oxygen atoms in total. The average molecular weight is 374 g/mol. The zero-order chi connectivity index (χ0) is 16.8. The third-order valence-electron chi connectivity index (χ3n) is 2.66. The summed E-state index contributed by atoms with van der Waals surface area (Å²) in [7, 11) is 1.46. The van der Waals surface area contributed by atoms with Crippen LogP contribution >= 0.6 is 34.8 Å². The van der Waals surface area contributed by atoms with Crippen LogP contribution in [0.1, 0.15) is 5.56 Å². The van der Waals surface area contributed by atoms with Gasteiger partial charge < -0.3 is 4.74 Å². The molecule has 0 radical (unpaired) electrons. The summed E-state index contributed by atoms with van der Waals surface area (Å²) in [4.78, 5) is 16.3. The monoisotopic (exact) mass is 372 g/mol. The molecule has 0 aromatic heterocycles. The number of amides is 1. The lowest BCUT2D eigenvalue weighted by atomic mass is 10.2. The highest BCUT2D eigenvalue weighted by molar-refractivity contribution is 6.36. The molecule has 0 spiro atoms. The van der Waals surface area contributed by atoms with Gasteiger partial charge in [-0.25, -0.2) is 4.79 Å². The molecule has 0 saturated carbocycles. The van der Waals surface area contributed by atoms with Crippen LogP contribution in [0.5, 0.6) is 5.75 Å². The fourth-order valence-corrected chi connectivity index (χ4v) is 2.41. The summed E-state index contributed by atoms with van der Waals surface area (Å²) < 4.78 is 5.15. The number of hydrogen-bond donors (Lipinski definition) is 1. The van der Waals surface area contributed by atoms with Gasteiger partial charge >= 0.3 is 6.09 Å². The van der Waals surface area contributed by atoms with Gasteiger partial charge in [-0.15, -0.1) is 0 Å². The molecule has 23 heavy (non-hydrogen) atoms. The van der Waals surface area contributed by atoms with Gasteiger partial charge in [0.15, 0.2) is 0 Å². The summed E-state index contributed by atoms with van der Waals surface area (Å²) in [5, 5.41) is 7.37. The van der Waals surface area contributed by atoms with Crippen LogP contribution < -0.4 is 10.1 Å². The summed E-state index contributed by atoms with van der Waals surface area (Å²) in [6.07, 6.45) is 0.522. The van der Waals surface area contributed by atoms with Crippen molar-refractivity contribution in [1.29, 1.82) is 0 Å². The number of ether oxygens (including phenoxy) is 1. The first-order valence-corrected chi connectivity index (χ1v) is 7.43. The van der Waals surface area contributed by atoms with Crippen molar-refractivity contribution in [2.24, 2.45) is 5.16 Å². The maximum Gasteiger partial charge on any atom is 0.437 e. The predicted molar refractivity (Wildman–Crippen MR) is 92.2 cm³/mol. The molecule has 0 aliphatic carbocycles. The van der Waals surface area contributed by atoms with E-state index in [-0.39, 0.29) is 0 Å². The number of carbonyl (C=O) groups is 1. The van der Waals surface area contributed by atoms with E-state index in [9.17, 15) is 4.79 Å². The van der Waals surface area contributed by atoms with E-state index in [1.54, 1.807) is 30.3 Å². The largest absolute Gasteiger partial charge is 0.495 e. The number of anilines is 1. The molecule has 0 bridgehead atoms. The minimum Gasteiger partial charge on any atom is -0.495 e. The first-order chi connectivity index (χ1) is 11.0. The van der Waals surface area contributed by atoms with E-state index >= 15 is 0 Å². The van der Waals surface area contributed by atoms with Gasteiger partial charge in [-0.1, -0.05) is 40.0 Å². The third-order valence-corrected chi connectivity index (χ3v) is 3.41. The van der Waals surface area contributed by atoms with Crippen molar-refractivity contribution in [2.45, 2.75) is 0 Å². The number of rotatable bonds is 4. The highest BCUT2D eigenvalue weighted by atomic mass is 35.5. The number of carbonyl (C=O) groups excluding carboxylic acids is 1. The summed E-state index contributed by atoms with van der Waals surface area (Å²) in [6.45, 7) is 0. The van der Waals surface area contributed by atoms with Crippen LogP contribution in [-0.4, -0.2) is 19.4 Å². The van der Waals surface area contributed by atoms with Gasteiger partial charge in [0.1, 0.15) is 5.75 Å². The molecule has 0 saturated heterocycles. The second-order valence-corrected chi connectivity index (χ2v) is 5.54. The Balaban J connectivity index is 2.01. The summed E-state index contributed by atoms with van der Waals surface area (Å²) in [5.41, 5.74) is 1.00. The molecule has 2 aromatic rings. The molecule has 1 N–H and O–H groups in total. The van der Waals surface area contributed by atoms with E-state index in [4.69, 9.17) is 44.4 Å². The lowest BCUT2D eigenvalue weighted by Gasteiger charge is -2.07. The topological polar surface area (TPSA) is 59.9 Å². The summed E-state index contributed by atoms with van der Waals surface area (Å²) >= 11 is 17.7. The van der Waals surface area contributed by atoms with Crippen LogP contribution in [0.2, 0.25) is 15.1 Å². The number of nitrogens with one attached hydrogen (secondary N) is 1. The smallest absolute Gasteiger partial charge is 0.437 e. The van der Waals surface area contributed by atoms with Crippen molar-refractivity contribution < 1.29 is 14.4 Å². The van der Waals surface area contributed by atoms with Crippen molar-refractivity contribution in [1.82, 2.24) is 0 Å². The number of oxime groups is 1. The van der Waals surface area contributed by atoms with Gasteiger partial charge in [0, 0.05) is 21.3 Å². The van der Waals surface area contributed by atoms with E-state index in [1.165, 1.54) is 19.4 Å². The zero-order valence-corrected chi connectivity index (χ0v) is 14.1. The van der Waals surface area contributed by atoms with Gasteiger partial charge in [0.25, 0.3) is 0 Å². The molecule has 0 heterocycles. The van der Waals surface area contributed by atoms with Crippen LogP contribution in [0, 0.1) is 0 Å². The molecule has 0 aliphatic heterocycles. The first-order valence-electron chi connectivity index (χ1n) is 6.29. The van der Waals surface area contributed by atoms with Gasteiger partial charge in [-0.3, -0.25) is 10.2 Å². The maximum atomic E-state index is 11.6.